The molecule has 0 unspecified atom stereocenters. The zero-order valence-corrected chi connectivity index (χ0v) is 16.7. The maximum atomic E-state index is 13.6. The maximum Gasteiger partial charge on any atom is 0.326 e. The first-order chi connectivity index (χ1) is 13.3. The van der Waals surface area contributed by atoms with Crippen LogP contribution >= 0.6 is 0 Å². The van der Waals surface area contributed by atoms with Crippen LogP contribution in [0.2, 0.25) is 0 Å². The number of benzene rings is 1. The number of carbonyl (C=O) groups is 2. The third-order valence-corrected chi connectivity index (χ3v) is 6.33. The fourth-order valence-corrected chi connectivity index (χ4v) is 5.02. The number of hydrogen-bond acceptors (Lipinski definition) is 4. The number of aliphatic carboxylic acids is 1. The summed E-state index contributed by atoms with van der Waals surface area (Å²) in [6.07, 6.45) is 2.36. The molecule has 2 aliphatic heterocycles. The van der Waals surface area contributed by atoms with Gasteiger partial charge in [0.05, 0.1) is 11.1 Å². The van der Waals surface area contributed by atoms with Crippen LogP contribution in [-0.4, -0.2) is 52.5 Å². The van der Waals surface area contributed by atoms with Crippen LogP contribution in [0.1, 0.15) is 46.4 Å². The second-order valence-corrected chi connectivity index (χ2v) is 8.53. The molecule has 3 heterocycles. The fourth-order valence-electron chi connectivity index (χ4n) is 5.02. The van der Waals surface area contributed by atoms with Crippen LogP contribution in [-0.2, 0) is 4.79 Å². The minimum absolute atomic E-state index is 0.0898. The van der Waals surface area contributed by atoms with E-state index in [1.54, 1.807) is 11.0 Å². The Kier molecular flexibility index (Phi) is 4.62. The monoisotopic (exact) mass is 381 g/mol. The number of pyridine rings is 1. The first-order valence-electron chi connectivity index (χ1n) is 9.93. The molecule has 0 radical (unpaired) electrons. The summed E-state index contributed by atoms with van der Waals surface area (Å²) in [4.78, 5) is 31.8. The largest absolute Gasteiger partial charge is 0.480 e. The van der Waals surface area contributed by atoms with Gasteiger partial charge in [-0.3, -0.25) is 9.78 Å². The smallest absolute Gasteiger partial charge is 0.326 e. The van der Waals surface area contributed by atoms with E-state index in [0.29, 0.717) is 18.5 Å². The van der Waals surface area contributed by atoms with Gasteiger partial charge in [-0.05, 0) is 81.8 Å². The van der Waals surface area contributed by atoms with Gasteiger partial charge in [0.25, 0.3) is 5.91 Å². The number of rotatable bonds is 2. The maximum absolute atomic E-state index is 13.6. The topological polar surface area (TPSA) is 82.5 Å². The minimum atomic E-state index is -0.911. The van der Waals surface area contributed by atoms with E-state index in [1.807, 2.05) is 32.9 Å². The number of carboxylic acid groups (broad SMARTS) is 1. The second-order valence-electron chi connectivity index (χ2n) is 8.53. The predicted molar refractivity (Wildman–Crippen MR) is 108 cm³/mol. The van der Waals surface area contributed by atoms with Gasteiger partial charge in [-0.1, -0.05) is 6.07 Å². The predicted octanol–water partition coefficient (Wildman–Crippen LogP) is 2.83. The van der Waals surface area contributed by atoms with Crippen molar-refractivity contribution in [1.82, 2.24) is 15.2 Å². The van der Waals surface area contributed by atoms with Crippen LogP contribution in [0.4, 0.5) is 0 Å². The quantitative estimate of drug-likeness (QED) is 0.836. The van der Waals surface area contributed by atoms with E-state index in [-0.39, 0.29) is 11.3 Å². The lowest BCUT2D eigenvalue weighted by atomic mass is 9.77. The Morgan fingerprint density at radius 2 is 1.89 bits per heavy atom. The summed E-state index contributed by atoms with van der Waals surface area (Å²) in [5, 5.41) is 14.0. The van der Waals surface area contributed by atoms with Gasteiger partial charge in [-0.25, -0.2) is 4.79 Å². The Morgan fingerprint density at radius 1 is 1.18 bits per heavy atom. The third kappa shape index (κ3) is 3.15. The Morgan fingerprint density at radius 3 is 2.57 bits per heavy atom. The molecule has 1 atom stereocenters. The van der Waals surface area contributed by atoms with Gasteiger partial charge in [0.2, 0.25) is 0 Å². The number of amides is 1. The van der Waals surface area contributed by atoms with Gasteiger partial charge in [0, 0.05) is 17.6 Å². The molecule has 1 aromatic heterocycles. The first kappa shape index (κ1) is 18.9. The molecule has 1 spiro atoms. The number of hydrogen-bond donors (Lipinski definition) is 2. The molecule has 0 saturated carbocycles. The van der Waals surface area contributed by atoms with Crippen molar-refractivity contribution in [2.24, 2.45) is 5.41 Å². The lowest BCUT2D eigenvalue weighted by molar-refractivity contribution is -0.141. The van der Waals surface area contributed by atoms with E-state index < -0.39 is 12.0 Å². The third-order valence-electron chi connectivity index (χ3n) is 6.33. The molecule has 6 nitrogen and oxygen atoms in total. The van der Waals surface area contributed by atoms with Gasteiger partial charge in [0.1, 0.15) is 6.04 Å². The first-order valence-corrected chi connectivity index (χ1v) is 9.93. The van der Waals surface area contributed by atoms with E-state index in [9.17, 15) is 14.7 Å². The van der Waals surface area contributed by atoms with E-state index >= 15 is 0 Å². The molecule has 2 saturated heterocycles. The Balaban J connectivity index is 1.79. The number of fused-ring (bicyclic) bond motifs is 1. The highest BCUT2D eigenvalue weighted by molar-refractivity contribution is 6.08. The number of nitrogens with zero attached hydrogens (tertiary/aromatic N) is 2. The summed E-state index contributed by atoms with van der Waals surface area (Å²) in [6.45, 7) is 8.14. The van der Waals surface area contributed by atoms with E-state index in [0.717, 1.165) is 53.7 Å². The Bertz CT molecular complexity index is 958. The summed E-state index contributed by atoms with van der Waals surface area (Å²) in [5.41, 5.74) is 4.13. The summed E-state index contributed by atoms with van der Waals surface area (Å²) in [7, 11) is 0. The average molecular weight is 381 g/mol. The Labute approximate surface area is 164 Å². The summed E-state index contributed by atoms with van der Waals surface area (Å²) in [5.74, 6) is -1.10. The molecular weight excluding hydrogens is 354 g/mol. The Hall–Kier alpha value is -2.47. The van der Waals surface area contributed by atoms with Crippen LogP contribution < -0.4 is 5.32 Å². The van der Waals surface area contributed by atoms with Gasteiger partial charge in [-0.15, -0.1) is 0 Å². The highest BCUT2D eigenvalue weighted by Crippen LogP contribution is 2.43. The normalized spacial score (nSPS) is 21.4. The number of likely N-dealkylation sites (tertiary alicyclic amines) is 1. The van der Waals surface area contributed by atoms with Gasteiger partial charge >= 0.3 is 5.97 Å². The van der Waals surface area contributed by atoms with Crippen molar-refractivity contribution in [2.75, 3.05) is 19.6 Å². The molecule has 2 fully saturated rings. The standard InChI is InChI=1S/C22H27N3O3/c1-13-8-14(2)19-16(10-15(3)24-17(19)9-13)20(26)25-12-22(4-6-23-7-5-22)11-18(25)21(27)28/h8-10,18,23H,4-7,11-12H2,1-3H3,(H,27,28)/t18-/m1/s1. The molecule has 148 valence electrons. The fraction of sp³-hybridized carbons (Fsp3) is 0.500. The van der Waals surface area contributed by atoms with Crippen molar-refractivity contribution in [3.8, 4) is 0 Å². The number of carbonyl (C=O) groups excluding carboxylic acids is 1. The zero-order chi connectivity index (χ0) is 20.1. The molecule has 2 N–H and O–H groups in total. The summed E-state index contributed by atoms with van der Waals surface area (Å²) >= 11 is 0. The number of aromatic nitrogens is 1. The highest BCUT2D eigenvalue weighted by Gasteiger charge is 2.49. The molecule has 4 rings (SSSR count). The van der Waals surface area contributed by atoms with Crippen molar-refractivity contribution >= 4 is 22.8 Å². The van der Waals surface area contributed by atoms with E-state index in [2.05, 4.69) is 10.3 Å². The molecule has 0 bridgehead atoms. The minimum Gasteiger partial charge on any atom is -0.480 e. The van der Waals surface area contributed by atoms with E-state index in [1.165, 1.54) is 0 Å². The number of piperidine rings is 1. The number of aryl methyl sites for hydroxylation is 3. The van der Waals surface area contributed by atoms with Gasteiger partial charge in [-0.2, -0.15) is 0 Å². The molecule has 1 aromatic carbocycles. The van der Waals surface area contributed by atoms with E-state index in [4.69, 9.17) is 0 Å². The van der Waals surface area contributed by atoms with Crippen molar-refractivity contribution in [3.05, 3.63) is 40.6 Å². The molecule has 2 aliphatic rings. The lowest BCUT2D eigenvalue weighted by Crippen LogP contribution is -2.42. The number of carboxylic acids is 1. The number of nitrogens with one attached hydrogen (secondary N) is 1. The van der Waals surface area contributed by atoms with Gasteiger partial charge < -0.3 is 15.3 Å². The molecule has 2 aromatic rings. The van der Waals surface area contributed by atoms with Crippen molar-refractivity contribution in [2.45, 2.75) is 46.1 Å². The SMILES string of the molecule is Cc1cc(C)c2c(C(=O)N3CC4(CCNCC4)C[C@@H]3C(=O)O)cc(C)nc2c1. The second kappa shape index (κ2) is 6.85. The highest BCUT2D eigenvalue weighted by atomic mass is 16.4. The van der Waals surface area contributed by atoms with Crippen LogP contribution in [0, 0.1) is 26.2 Å². The van der Waals surface area contributed by atoms with Crippen molar-refractivity contribution < 1.29 is 14.7 Å². The van der Waals surface area contributed by atoms with Crippen LogP contribution in [0.3, 0.4) is 0 Å². The molecule has 0 aliphatic carbocycles. The zero-order valence-electron chi connectivity index (χ0n) is 16.7. The van der Waals surface area contributed by atoms with Crippen molar-refractivity contribution in [3.63, 3.8) is 0 Å². The molecular formula is C22H27N3O3. The lowest BCUT2D eigenvalue weighted by Gasteiger charge is -2.33. The van der Waals surface area contributed by atoms with Crippen molar-refractivity contribution in [1.29, 1.82) is 0 Å². The van der Waals surface area contributed by atoms with Crippen LogP contribution in [0.5, 0.6) is 0 Å². The van der Waals surface area contributed by atoms with Crippen LogP contribution in [0.25, 0.3) is 10.9 Å². The summed E-state index contributed by atoms with van der Waals surface area (Å²) in [6, 6.07) is 5.07. The average Bonchev–Trinajstić information content (AvgIpc) is 2.99. The molecule has 28 heavy (non-hydrogen) atoms. The van der Waals surface area contributed by atoms with Gasteiger partial charge in [0.15, 0.2) is 0 Å². The summed E-state index contributed by atoms with van der Waals surface area (Å²) < 4.78 is 0. The van der Waals surface area contributed by atoms with Crippen LogP contribution in [0.15, 0.2) is 18.2 Å². The molecule has 1 amide bonds. The molecule has 6 heteroatoms.